The van der Waals surface area contributed by atoms with Crippen LogP contribution in [0.25, 0.3) is 23.2 Å². The maximum atomic E-state index is 12.4. The summed E-state index contributed by atoms with van der Waals surface area (Å²) in [5.74, 6) is 0.427. The molecule has 0 aliphatic heterocycles. The Hall–Kier alpha value is -4.57. The van der Waals surface area contributed by atoms with Gasteiger partial charge >= 0.3 is 0 Å². The Labute approximate surface area is 230 Å². The number of hydrogen-bond donors (Lipinski definition) is 1. The van der Waals surface area contributed by atoms with Crippen molar-refractivity contribution in [2.24, 2.45) is 5.10 Å². The molecule has 10 heteroatoms. The molecule has 0 radical (unpaired) electrons. The number of nitrogens with zero attached hydrogens (tertiary/aromatic N) is 5. The fraction of sp³-hybridized carbons (Fsp3) is 0.172. The lowest BCUT2D eigenvalue weighted by atomic mass is 9.87. The van der Waals surface area contributed by atoms with Crippen LogP contribution in [0.1, 0.15) is 31.9 Å². The summed E-state index contributed by atoms with van der Waals surface area (Å²) in [6, 6.07) is 24.4. The zero-order valence-electron chi connectivity index (χ0n) is 21.8. The lowest BCUT2D eigenvalue weighted by Crippen LogP contribution is -2.19. The molecule has 0 fully saturated rings. The molecule has 0 unspecified atom stereocenters. The fourth-order valence-electron chi connectivity index (χ4n) is 3.74. The van der Waals surface area contributed by atoms with Crippen LogP contribution in [0.15, 0.2) is 95.2 Å². The van der Waals surface area contributed by atoms with Crippen LogP contribution in [0, 0.1) is 10.1 Å². The topological polar surface area (TPSA) is 115 Å². The second-order valence-electron chi connectivity index (χ2n) is 9.58. The molecule has 39 heavy (non-hydrogen) atoms. The molecule has 1 N–H and O–H groups in total. The molecule has 0 saturated heterocycles. The molecule has 0 bridgehead atoms. The molecule has 0 spiro atoms. The number of hydrogen-bond acceptors (Lipinski definition) is 7. The van der Waals surface area contributed by atoms with Gasteiger partial charge in [0.15, 0.2) is 11.0 Å². The van der Waals surface area contributed by atoms with Crippen molar-refractivity contribution in [3.8, 4) is 17.1 Å². The highest BCUT2D eigenvalue weighted by molar-refractivity contribution is 7.99. The van der Waals surface area contributed by atoms with E-state index in [4.69, 9.17) is 0 Å². The Balaban J connectivity index is 1.45. The summed E-state index contributed by atoms with van der Waals surface area (Å²) in [6.45, 7) is 6.51. The van der Waals surface area contributed by atoms with Crippen LogP contribution in [0.4, 0.5) is 5.69 Å². The second-order valence-corrected chi connectivity index (χ2v) is 10.5. The van der Waals surface area contributed by atoms with E-state index in [0.717, 1.165) is 11.3 Å². The summed E-state index contributed by atoms with van der Waals surface area (Å²) < 4.78 is 1.93. The van der Waals surface area contributed by atoms with Crippen LogP contribution >= 0.6 is 11.8 Å². The molecule has 198 valence electrons. The summed E-state index contributed by atoms with van der Waals surface area (Å²) in [5.41, 5.74) is 5.97. The minimum atomic E-state index is -0.448. The molecular formula is C29H28N6O3S. The van der Waals surface area contributed by atoms with Crippen LogP contribution in [0.3, 0.4) is 0 Å². The van der Waals surface area contributed by atoms with Crippen LogP contribution < -0.4 is 5.43 Å². The van der Waals surface area contributed by atoms with Gasteiger partial charge in [-0.3, -0.25) is 19.5 Å². The summed E-state index contributed by atoms with van der Waals surface area (Å²) in [4.78, 5) is 23.1. The molecule has 4 rings (SSSR count). The first-order chi connectivity index (χ1) is 18.7. The summed E-state index contributed by atoms with van der Waals surface area (Å²) in [6.07, 6.45) is 4.45. The Morgan fingerprint density at radius 3 is 2.41 bits per heavy atom. The summed E-state index contributed by atoms with van der Waals surface area (Å²) in [7, 11) is 0. The third-order valence-electron chi connectivity index (χ3n) is 5.75. The van der Waals surface area contributed by atoms with E-state index in [1.807, 2.05) is 47.0 Å². The SMILES string of the molecule is CC(C)(C)c1ccc(-c2nnc(SCC(=O)N/N=C\C=C\c3ccccc3[N+](=O)[O-])n2-c2ccccc2)cc1. The predicted molar refractivity (Wildman–Crippen MR) is 155 cm³/mol. The van der Waals surface area contributed by atoms with Gasteiger partial charge in [0.25, 0.3) is 11.6 Å². The van der Waals surface area contributed by atoms with Gasteiger partial charge in [-0.2, -0.15) is 5.10 Å². The number of amides is 1. The maximum absolute atomic E-state index is 12.4. The Bertz CT molecular complexity index is 1510. The quantitative estimate of drug-likeness (QED) is 0.120. The van der Waals surface area contributed by atoms with E-state index >= 15 is 0 Å². The lowest BCUT2D eigenvalue weighted by Gasteiger charge is -2.19. The highest BCUT2D eigenvalue weighted by atomic mass is 32.2. The number of para-hydroxylation sites is 2. The lowest BCUT2D eigenvalue weighted by molar-refractivity contribution is -0.385. The zero-order valence-corrected chi connectivity index (χ0v) is 22.6. The molecule has 9 nitrogen and oxygen atoms in total. The van der Waals surface area contributed by atoms with Crippen molar-refractivity contribution >= 4 is 35.6 Å². The highest BCUT2D eigenvalue weighted by Gasteiger charge is 2.19. The largest absolute Gasteiger partial charge is 0.276 e. The zero-order chi connectivity index (χ0) is 27.8. The maximum Gasteiger partial charge on any atom is 0.276 e. The Morgan fingerprint density at radius 2 is 1.72 bits per heavy atom. The van der Waals surface area contributed by atoms with E-state index in [1.54, 1.807) is 24.3 Å². The standard InChI is InChI=1S/C29H28N6O3S/c1-29(2,3)23-17-15-22(16-18-23)27-32-33-28(34(27)24-12-5-4-6-13-24)39-20-26(36)31-30-19-9-11-21-10-7-8-14-25(21)35(37)38/h4-19H,20H2,1-3H3,(H,31,36)/b11-9+,30-19-. The van der Waals surface area contributed by atoms with Crippen LogP contribution in [-0.2, 0) is 10.2 Å². The Kier molecular flexibility index (Phi) is 8.67. The third-order valence-corrected chi connectivity index (χ3v) is 6.68. The number of rotatable bonds is 9. The van der Waals surface area contributed by atoms with Crippen molar-refractivity contribution in [1.82, 2.24) is 20.2 Å². The van der Waals surface area contributed by atoms with E-state index in [9.17, 15) is 14.9 Å². The van der Waals surface area contributed by atoms with E-state index in [2.05, 4.69) is 53.6 Å². The molecule has 4 aromatic rings. The van der Waals surface area contributed by atoms with Crippen molar-refractivity contribution in [1.29, 1.82) is 0 Å². The number of carbonyl (C=O) groups is 1. The minimum Gasteiger partial charge on any atom is -0.272 e. The number of hydrazone groups is 1. The van der Waals surface area contributed by atoms with Gasteiger partial charge in [0.2, 0.25) is 0 Å². The average Bonchev–Trinajstić information content (AvgIpc) is 3.36. The molecule has 3 aromatic carbocycles. The van der Waals surface area contributed by atoms with Gasteiger partial charge in [-0.1, -0.05) is 87.1 Å². The summed E-state index contributed by atoms with van der Waals surface area (Å²) >= 11 is 1.25. The van der Waals surface area contributed by atoms with Gasteiger partial charge in [-0.25, -0.2) is 5.43 Å². The Morgan fingerprint density at radius 1 is 1.03 bits per heavy atom. The van der Waals surface area contributed by atoms with Gasteiger partial charge in [-0.05, 0) is 41.3 Å². The molecule has 1 amide bonds. The number of benzene rings is 3. The van der Waals surface area contributed by atoms with E-state index in [-0.39, 0.29) is 22.8 Å². The number of nitro groups is 1. The second kappa shape index (κ2) is 12.3. The molecule has 0 aliphatic rings. The first kappa shape index (κ1) is 27.5. The van der Waals surface area contributed by atoms with Crippen molar-refractivity contribution in [2.45, 2.75) is 31.3 Å². The predicted octanol–water partition coefficient (Wildman–Crippen LogP) is 6.05. The first-order valence-electron chi connectivity index (χ1n) is 12.2. The van der Waals surface area contributed by atoms with Crippen molar-refractivity contribution in [3.63, 3.8) is 0 Å². The van der Waals surface area contributed by atoms with Gasteiger partial charge in [0.05, 0.1) is 16.2 Å². The number of nitrogens with one attached hydrogen (secondary N) is 1. The van der Waals surface area contributed by atoms with Crippen LogP contribution in [0.2, 0.25) is 0 Å². The van der Waals surface area contributed by atoms with Crippen molar-refractivity contribution in [2.75, 3.05) is 5.75 Å². The van der Waals surface area contributed by atoms with Crippen molar-refractivity contribution in [3.05, 3.63) is 106 Å². The van der Waals surface area contributed by atoms with E-state index in [0.29, 0.717) is 16.5 Å². The third kappa shape index (κ3) is 7.05. The number of carbonyl (C=O) groups excluding carboxylic acids is 1. The number of allylic oxidation sites excluding steroid dienone is 1. The molecule has 0 saturated carbocycles. The monoisotopic (exact) mass is 540 g/mol. The minimum absolute atomic E-state index is 0.00497. The fourth-order valence-corrected chi connectivity index (χ4v) is 4.48. The van der Waals surface area contributed by atoms with Gasteiger partial charge < -0.3 is 0 Å². The molecule has 1 heterocycles. The number of aromatic nitrogens is 3. The highest BCUT2D eigenvalue weighted by Crippen LogP contribution is 2.30. The molecular weight excluding hydrogens is 512 g/mol. The number of thioether (sulfide) groups is 1. The van der Waals surface area contributed by atoms with Crippen LogP contribution in [0.5, 0.6) is 0 Å². The summed E-state index contributed by atoms with van der Waals surface area (Å²) in [5, 5.41) is 24.4. The van der Waals surface area contributed by atoms with E-state index in [1.165, 1.54) is 35.7 Å². The normalized spacial score (nSPS) is 11.8. The average molecular weight is 541 g/mol. The number of nitro benzene ring substituents is 1. The first-order valence-corrected chi connectivity index (χ1v) is 13.2. The van der Waals surface area contributed by atoms with Gasteiger partial charge in [-0.15, -0.1) is 10.2 Å². The van der Waals surface area contributed by atoms with E-state index < -0.39 is 4.92 Å². The van der Waals surface area contributed by atoms with Crippen molar-refractivity contribution < 1.29 is 9.72 Å². The smallest absolute Gasteiger partial charge is 0.272 e. The molecule has 0 aliphatic carbocycles. The van der Waals surface area contributed by atoms with Gasteiger partial charge in [0, 0.05) is 23.5 Å². The molecule has 1 aromatic heterocycles. The van der Waals surface area contributed by atoms with Gasteiger partial charge in [0.1, 0.15) is 0 Å². The van der Waals surface area contributed by atoms with Crippen LogP contribution in [-0.4, -0.2) is 37.6 Å². The molecule has 0 atom stereocenters.